The predicted octanol–water partition coefficient (Wildman–Crippen LogP) is 4.02. The van der Waals surface area contributed by atoms with Gasteiger partial charge in [-0.25, -0.2) is 0 Å². The van der Waals surface area contributed by atoms with Gasteiger partial charge in [-0.3, -0.25) is 4.72 Å². The number of benzene rings is 2. The number of hydrogen-bond donors (Lipinski definition) is 1. The highest BCUT2D eigenvalue weighted by molar-refractivity contribution is 7.97. The standard InChI is InChI=1S/C15H17NOS/c1-2-16-18-15(13-9-5-3-6-10-13)17-14-11-7-4-8-12-14/h3-12,15-16H,2H2,1H3. The van der Waals surface area contributed by atoms with Crippen molar-refractivity contribution in [3.05, 3.63) is 66.2 Å². The summed E-state index contributed by atoms with van der Waals surface area (Å²) in [6, 6.07) is 20.1. The normalized spacial score (nSPS) is 12.1. The third kappa shape index (κ3) is 3.79. The Morgan fingerprint density at radius 2 is 1.61 bits per heavy atom. The summed E-state index contributed by atoms with van der Waals surface area (Å²) in [7, 11) is 0. The summed E-state index contributed by atoms with van der Waals surface area (Å²) in [5, 5.41) is 0. The van der Waals surface area contributed by atoms with Gasteiger partial charge in [-0.2, -0.15) is 0 Å². The minimum Gasteiger partial charge on any atom is -0.474 e. The van der Waals surface area contributed by atoms with Gasteiger partial charge in [0.1, 0.15) is 5.75 Å². The maximum Gasteiger partial charge on any atom is 0.183 e. The predicted molar refractivity (Wildman–Crippen MR) is 77.5 cm³/mol. The summed E-state index contributed by atoms with van der Waals surface area (Å²) in [4.78, 5) is 0. The van der Waals surface area contributed by atoms with Gasteiger partial charge in [-0.05, 0) is 24.1 Å². The summed E-state index contributed by atoms with van der Waals surface area (Å²) >= 11 is 1.60. The van der Waals surface area contributed by atoms with Crippen LogP contribution in [0.5, 0.6) is 5.75 Å². The number of hydrogen-bond acceptors (Lipinski definition) is 3. The van der Waals surface area contributed by atoms with Crippen LogP contribution in [0.2, 0.25) is 0 Å². The Kier molecular flexibility index (Phi) is 5.12. The number of para-hydroxylation sites is 1. The van der Waals surface area contributed by atoms with Gasteiger partial charge in [0.05, 0.1) is 0 Å². The minimum atomic E-state index is -0.0338. The summed E-state index contributed by atoms with van der Waals surface area (Å²) in [5.74, 6) is 0.886. The van der Waals surface area contributed by atoms with Crippen LogP contribution in [0.1, 0.15) is 17.9 Å². The van der Waals surface area contributed by atoms with Crippen molar-refractivity contribution in [2.45, 2.75) is 12.4 Å². The third-order valence-corrected chi connectivity index (χ3v) is 3.43. The second kappa shape index (κ2) is 7.09. The van der Waals surface area contributed by atoms with E-state index in [-0.39, 0.29) is 5.44 Å². The summed E-state index contributed by atoms with van der Waals surface area (Å²) in [5.41, 5.74) is 1.13. The molecular weight excluding hydrogens is 242 g/mol. The van der Waals surface area contributed by atoms with Crippen LogP contribution in [0.25, 0.3) is 0 Å². The van der Waals surface area contributed by atoms with Crippen molar-refractivity contribution in [2.24, 2.45) is 0 Å². The molecule has 0 aliphatic carbocycles. The molecule has 0 aromatic heterocycles. The molecule has 0 fully saturated rings. The van der Waals surface area contributed by atoms with Gasteiger partial charge in [0.15, 0.2) is 5.44 Å². The van der Waals surface area contributed by atoms with Crippen molar-refractivity contribution in [3.63, 3.8) is 0 Å². The van der Waals surface area contributed by atoms with E-state index in [2.05, 4.69) is 23.8 Å². The molecule has 0 bridgehead atoms. The molecule has 94 valence electrons. The van der Waals surface area contributed by atoms with E-state index in [0.29, 0.717) is 0 Å². The van der Waals surface area contributed by atoms with E-state index in [4.69, 9.17) is 4.74 Å². The smallest absolute Gasteiger partial charge is 0.183 e. The molecule has 1 unspecified atom stereocenters. The van der Waals surface area contributed by atoms with Crippen molar-refractivity contribution in [2.75, 3.05) is 6.54 Å². The first-order valence-corrected chi connectivity index (χ1v) is 6.93. The topological polar surface area (TPSA) is 21.3 Å². The lowest BCUT2D eigenvalue weighted by atomic mass is 10.2. The lowest BCUT2D eigenvalue weighted by Gasteiger charge is -2.18. The molecule has 2 aromatic carbocycles. The first-order chi connectivity index (χ1) is 8.90. The Morgan fingerprint density at radius 3 is 2.22 bits per heavy atom. The Labute approximate surface area is 113 Å². The van der Waals surface area contributed by atoms with Crippen LogP contribution in [-0.4, -0.2) is 6.54 Å². The van der Waals surface area contributed by atoms with Crippen LogP contribution in [-0.2, 0) is 0 Å². The zero-order chi connectivity index (χ0) is 12.6. The summed E-state index contributed by atoms with van der Waals surface area (Å²) in [6.07, 6.45) is 0. The Balaban J connectivity index is 2.10. The molecule has 0 aliphatic rings. The Morgan fingerprint density at radius 1 is 1.00 bits per heavy atom. The number of nitrogens with one attached hydrogen (secondary N) is 1. The molecule has 3 heteroatoms. The van der Waals surface area contributed by atoms with E-state index in [1.165, 1.54) is 0 Å². The van der Waals surface area contributed by atoms with Gasteiger partial charge in [-0.15, -0.1) is 0 Å². The van der Waals surface area contributed by atoms with Gasteiger partial charge in [0.25, 0.3) is 0 Å². The molecule has 2 aromatic rings. The van der Waals surface area contributed by atoms with Gasteiger partial charge in [-0.1, -0.05) is 55.5 Å². The molecule has 0 aliphatic heterocycles. The Bertz CT molecular complexity index is 447. The van der Waals surface area contributed by atoms with Gasteiger partial charge in [0.2, 0.25) is 0 Å². The number of rotatable bonds is 6. The average molecular weight is 259 g/mol. The highest BCUT2D eigenvalue weighted by Crippen LogP contribution is 2.29. The van der Waals surface area contributed by atoms with Gasteiger partial charge in [0, 0.05) is 12.1 Å². The zero-order valence-corrected chi connectivity index (χ0v) is 11.2. The molecule has 1 atom stereocenters. The average Bonchev–Trinajstić information content (AvgIpc) is 2.45. The molecular formula is C15H17NOS. The quantitative estimate of drug-likeness (QED) is 0.625. The molecule has 0 radical (unpaired) electrons. The van der Waals surface area contributed by atoms with Crippen molar-refractivity contribution in [1.82, 2.24) is 4.72 Å². The fourth-order valence-electron chi connectivity index (χ4n) is 1.55. The third-order valence-electron chi connectivity index (χ3n) is 2.39. The molecule has 2 nitrogen and oxygen atoms in total. The molecule has 0 saturated heterocycles. The molecule has 0 amide bonds. The minimum absolute atomic E-state index is 0.0338. The number of ether oxygens (including phenoxy) is 1. The maximum atomic E-state index is 6.00. The van der Waals surface area contributed by atoms with E-state index < -0.39 is 0 Å². The SMILES string of the molecule is CCNSC(Oc1ccccc1)c1ccccc1. The monoisotopic (exact) mass is 259 g/mol. The van der Waals surface area contributed by atoms with Crippen molar-refractivity contribution in [3.8, 4) is 5.75 Å². The van der Waals surface area contributed by atoms with E-state index in [1.54, 1.807) is 11.9 Å². The largest absolute Gasteiger partial charge is 0.474 e. The molecule has 0 heterocycles. The molecule has 1 N–H and O–H groups in total. The highest BCUT2D eigenvalue weighted by Gasteiger charge is 2.13. The fraction of sp³-hybridized carbons (Fsp3) is 0.200. The van der Waals surface area contributed by atoms with Crippen LogP contribution in [0.4, 0.5) is 0 Å². The lowest BCUT2D eigenvalue weighted by Crippen LogP contribution is -2.11. The molecule has 2 rings (SSSR count). The van der Waals surface area contributed by atoms with Crippen molar-refractivity contribution in [1.29, 1.82) is 0 Å². The maximum absolute atomic E-state index is 6.00. The van der Waals surface area contributed by atoms with Crippen molar-refractivity contribution >= 4 is 11.9 Å². The molecule has 0 saturated carbocycles. The van der Waals surface area contributed by atoms with Crippen LogP contribution in [0.15, 0.2) is 60.7 Å². The van der Waals surface area contributed by atoms with E-state index in [0.717, 1.165) is 17.9 Å². The van der Waals surface area contributed by atoms with E-state index in [1.807, 2.05) is 48.5 Å². The van der Waals surface area contributed by atoms with Crippen LogP contribution >= 0.6 is 11.9 Å². The fourth-order valence-corrected chi connectivity index (χ4v) is 2.32. The lowest BCUT2D eigenvalue weighted by molar-refractivity contribution is 0.294. The zero-order valence-electron chi connectivity index (χ0n) is 10.4. The summed E-state index contributed by atoms with van der Waals surface area (Å²) in [6.45, 7) is 2.99. The van der Waals surface area contributed by atoms with E-state index >= 15 is 0 Å². The summed E-state index contributed by atoms with van der Waals surface area (Å²) < 4.78 is 9.26. The van der Waals surface area contributed by atoms with Gasteiger partial charge < -0.3 is 4.74 Å². The second-order valence-electron chi connectivity index (χ2n) is 3.79. The van der Waals surface area contributed by atoms with Crippen LogP contribution in [0.3, 0.4) is 0 Å². The van der Waals surface area contributed by atoms with Crippen LogP contribution < -0.4 is 9.46 Å². The van der Waals surface area contributed by atoms with Crippen molar-refractivity contribution < 1.29 is 4.74 Å². The molecule has 0 spiro atoms. The first-order valence-electron chi connectivity index (χ1n) is 6.05. The second-order valence-corrected chi connectivity index (χ2v) is 4.74. The van der Waals surface area contributed by atoms with E-state index in [9.17, 15) is 0 Å². The Hall–Kier alpha value is -1.45. The van der Waals surface area contributed by atoms with Crippen LogP contribution in [0, 0.1) is 0 Å². The van der Waals surface area contributed by atoms with Gasteiger partial charge >= 0.3 is 0 Å². The highest BCUT2D eigenvalue weighted by atomic mass is 32.2. The first kappa shape index (κ1) is 13.0. The molecule has 18 heavy (non-hydrogen) atoms.